The highest BCUT2D eigenvalue weighted by Gasteiger charge is 2.21. The van der Waals surface area contributed by atoms with E-state index >= 15 is 0 Å². The average molecular weight is 281 g/mol. The highest BCUT2D eigenvalue weighted by Crippen LogP contribution is 2.23. The number of anilines is 1. The van der Waals surface area contributed by atoms with Gasteiger partial charge in [-0.25, -0.2) is 8.42 Å². The van der Waals surface area contributed by atoms with E-state index in [4.69, 9.17) is 9.52 Å². The molecule has 0 aliphatic rings. The fourth-order valence-electron chi connectivity index (χ4n) is 1.79. The monoisotopic (exact) mass is 281 g/mol. The Balaban J connectivity index is 2.34. The molecule has 102 valence electrons. The van der Waals surface area contributed by atoms with E-state index in [9.17, 15) is 8.42 Å². The molecule has 19 heavy (non-hydrogen) atoms. The van der Waals surface area contributed by atoms with Crippen molar-refractivity contribution in [1.82, 2.24) is 0 Å². The molecule has 0 bridgehead atoms. The largest absolute Gasteiger partial charge is 0.462 e. The molecule has 0 unspecified atom stereocenters. The van der Waals surface area contributed by atoms with Crippen LogP contribution in [0.2, 0.25) is 0 Å². The summed E-state index contributed by atoms with van der Waals surface area (Å²) >= 11 is 0. The zero-order chi connectivity index (χ0) is 14.0. The van der Waals surface area contributed by atoms with Crippen LogP contribution in [0, 0.1) is 13.8 Å². The van der Waals surface area contributed by atoms with E-state index in [-0.39, 0.29) is 23.0 Å². The zero-order valence-corrected chi connectivity index (χ0v) is 11.5. The molecule has 0 aliphatic heterocycles. The molecule has 0 radical (unpaired) electrons. The first-order valence-corrected chi connectivity index (χ1v) is 7.20. The maximum absolute atomic E-state index is 12.2. The molecule has 0 saturated carbocycles. The number of nitrogens with one attached hydrogen (secondary N) is 1. The first-order chi connectivity index (χ1) is 8.92. The molecule has 0 atom stereocenters. The number of sulfonamides is 1. The van der Waals surface area contributed by atoms with E-state index in [1.54, 1.807) is 25.1 Å². The van der Waals surface area contributed by atoms with Gasteiger partial charge in [-0.15, -0.1) is 0 Å². The second-order valence-electron chi connectivity index (χ2n) is 4.27. The van der Waals surface area contributed by atoms with Gasteiger partial charge in [0.2, 0.25) is 0 Å². The summed E-state index contributed by atoms with van der Waals surface area (Å²) in [4.78, 5) is 0.0399. The van der Waals surface area contributed by atoms with Crippen LogP contribution in [0.4, 0.5) is 5.69 Å². The van der Waals surface area contributed by atoms with E-state index in [1.807, 2.05) is 13.0 Å². The second kappa shape index (κ2) is 5.07. The molecule has 0 fully saturated rings. The predicted molar refractivity (Wildman–Crippen MR) is 71.4 cm³/mol. The number of aliphatic hydroxyl groups excluding tert-OH is 1. The minimum atomic E-state index is -3.70. The first-order valence-electron chi connectivity index (χ1n) is 5.72. The van der Waals surface area contributed by atoms with Crippen molar-refractivity contribution in [1.29, 1.82) is 0 Å². The number of rotatable bonds is 4. The lowest BCUT2D eigenvalue weighted by molar-refractivity contribution is 0.245. The highest BCUT2D eigenvalue weighted by molar-refractivity contribution is 7.92. The molecule has 0 aliphatic carbocycles. The van der Waals surface area contributed by atoms with Gasteiger partial charge in [-0.05, 0) is 31.5 Å². The van der Waals surface area contributed by atoms with Crippen LogP contribution in [-0.4, -0.2) is 13.5 Å². The summed E-state index contributed by atoms with van der Waals surface area (Å²) in [7, 11) is -3.70. The first kappa shape index (κ1) is 13.6. The third-order valence-corrected chi connectivity index (χ3v) is 4.13. The smallest absolute Gasteiger partial charge is 0.265 e. The van der Waals surface area contributed by atoms with Crippen molar-refractivity contribution in [2.75, 3.05) is 4.72 Å². The number of hydrogen-bond acceptors (Lipinski definition) is 4. The van der Waals surface area contributed by atoms with Crippen LogP contribution < -0.4 is 4.72 Å². The number of hydrogen-bond donors (Lipinski definition) is 2. The van der Waals surface area contributed by atoms with Gasteiger partial charge in [-0.1, -0.05) is 12.1 Å². The van der Waals surface area contributed by atoms with E-state index in [2.05, 4.69) is 4.72 Å². The van der Waals surface area contributed by atoms with Crippen molar-refractivity contribution in [2.45, 2.75) is 25.3 Å². The van der Waals surface area contributed by atoms with Crippen LogP contribution in [-0.2, 0) is 16.6 Å². The van der Waals surface area contributed by atoms with Gasteiger partial charge in [-0.2, -0.15) is 0 Å². The standard InChI is InChI=1S/C13H15NO4S/c1-9-4-3-5-11(6-9)14-19(16,17)13-7-12(8-15)18-10(13)2/h3-7,14-15H,8H2,1-2H3. The molecule has 1 heterocycles. The Morgan fingerprint density at radius 2 is 2.00 bits per heavy atom. The Morgan fingerprint density at radius 3 is 2.58 bits per heavy atom. The third-order valence-electron chi connectivity index (χ3n) is 2.64. The molecule has 2 N–H and O–H groups in total. The summed E-state index contributed by atoms with van der Waals surface area (Å²) in [6.07, 6.45) is 0. The highest BCUT2D eigenvalue weighted by atomic mass is 32.2. The lowest BCUT2D eigenvalue weighted by atomic mass is 10.2. The Hall–Kier alpha value is -1.79. The van der Waals surface area contributed by atoms with Crippen LogP contribution in [0.25, 0.3) is 0 Å². The van der Waals surface area contributed by atoms with Gasteiger partial charge in [0.1, 0.15) is 23.0 Å². The minimum Gasteiger partial charge on any atom is -0.462 e. The van der Waals surface area contributed by atoms with Crippen molar-refractivity contribution in [3.8, 4) is 0 Å². The van der Waals surface area contributed by atoms with Gasteiger partial charge in [0.25, 0.3) is 10.0 Å². The Labute approximate surface area is 111 Å². The summed E-state index contributed by atoms with van der Waals surface area (Å²) in [5.41, 5.74) is 1.45. The molecule has 1 aromatic carbocycles. The van der Waals surface area contributed by atoms with Gasteiger partial charge in [0, 0.05) is 11.8 Å². The van der Waals surface area contributed by atoms with Crippen LogP contribution >= 0.6 is 0 Å². The van der Waals surface area contributed by atoms with E-state index < -0.39 is 10.0 Å². The predicted octanol–water partition coefficient (Wildman–Crippen LogP) is 2.19. The molecule has 6 heteroatoms. The molecule has 0 amide bonds. The van der Waals surface area contributed by atoms with Gasteiger partial charge in [0.05, 0.1) is 0 Å². The summed E-state index contributed by atoms with van der Waals surface area (Å²) in [6.45, 7) is 3.09. The third kappa shape index (κ3) is 2.97. The van der Waals surface area contributed by atoms with Crippen molar-refractivity contribution >= 4 is 15.7 Å². The number of furan rings is 1. The van der Waals surface area contributed by atoms with Gasteiger partial charge < -0.3 is 9.52 Å². The summed E-state index contributed by atoms with van der Waals surface area (Å²) in [5, 5.41) is 8.96. The molecule has 1 aromatic heterocycles. The molecule has 2 rings (SSSR count). The number of aryl methyl sites for hydroxylation is 2. The van der Waals surface area contributed by atoms with Crippen molar-refractivity contribution in [3.05, 3.63) is 47.4 Å². The maximum Gasteiger partial charge on any atom is 0.265 e. The fraction of sp³-hybridized carbons (Fsp3) is 0.231. The number of aliphatic hydroxyl groups is 1. The zero-order valence-electron chi connectivity index (χ0n) is 10.7. The number of benzene rings is 1. The van der Waals surface area contributed by atoms with E-state index in [0.29, 0.717) is 5.69 Å². The normalized spacial score (nSPS) is 11.5. The summed E-state index contributed by atoms with van der Waals surface area (Å²) in [5.74, 6) is 0.478. The molecular weight excluding hydrogens is 266 g/mol. The van der Waals surface area contributed by atoms with Crippen molar-refractivity contribution < 1.29 is 17.9 Å². The fourth-order valence-corrected chi connectivity index (χ4v) is 3.04. The summed E-state index contributed by atoms with van der Waals surface area (Å²) in [6, 6.07) is 8.39. The quantitative estimate of drug-likeness (QED) is 0.900. The van der Waals surface area contributed by atoms with Gasteiger partial charge >= 0.3 is 0 Å². The van der Waals surface area contributed by atoms with E-state index in [0.717, 1.165) is 5.56 Å². The molecule has 0 saturated heterocycles. The Kier molecular flexibility index (Phi) is 3.64. The lowest BCUT2D eigenvalue weighted by Crippen LogP contribution is -2.13. The summed E-state index contributed by atoms with van der Waals surface area (Å²) < 4.78 is 32.0. The topological polar surface area (TPSA) is 79.5 Å². The van der Waals surface area contributed by atoms with Gasteiger partial charge in [-0.3, -0.25) is 4.72 Å². The maximum atomic E-state index is 12.2. The van der Waals surface area contributed by atoms with Crippen molar-refractivity contribution in [2.24, 2.45) is 0 Å². The molecule has 5 nitrogen and oxygen atoms in total. The van der Waals surface area contributed by atoms with Crippen LogP contribution in [0.5, 0.6) is 0 Å². The van der Waals surface area contributed by atoms with Crippen LogP contribution in [0.1, 0.15) is 17.1 Å². The molecular formula is C13H15NO4S. The molecule has 2 aromatic rings. The Morgan fingerprint density at radius 1 is 1.26 bits per heavy atom. The van der Waals surface area contributed by atoms with E-state index in [1.165, 1.54) is 6.07 Å². The Bertz CT molecular complexity index is 688. The van der Waals surface area contributed by atoms with Gasteiger partial charge in [0.15, 0.2) is 0 Å². The van der Waals surface area contributed by atoms with Crippen LogP contribution in [0.3, 0.4) is 0 Å². The minimum absolute atomic E-state index is 0.0399. The lowest BCUT2D eigenvalue weighted by Gasteiger charge is -2.07. The van der Waals surface area contributed by atoms with Crippen molar-refractivity contribution in [3.63, 3.8) is 0 Å². The SMILES string of the molecule is Cc1cccc(NS(=O)(=O)c2cc(CO)oc2C)c1. The molecule has 0 spiro atoms. The average Bonchev–Trinajstić information content (AvgIpc) is 2.71. The van der Waals surface area contributed by atoms with Crippen LogP contribution in [0.15, 0.2) is 39.6 Å². The second-order valence-corrected chi connectivity index (χ2v) is 5.92.